The third-order valence-corrected chi connectivity index (χ3v) is 2.68. The first-order valence-electron chi connectivity index (χ1n) is 5.30. The van der Waals surface area contributed by atoms with Gasteiger partial charge in [-0.05, 0) is 41.5 Å². The maximum Gasteiger partial charge on any atom is 0.126 e. The number of hydrogen-bond acceptors (Lipinski definition) is 1. The van der Waals surface area contributed by atoms with E-state index in [0.29, 0.717) is 0 Å². The Hall–Kier alpha value is -0.370. The van der Waals surface area contributed by atoms with E-state index in [0.717, 1.165) is 0 Å². The van der Waals surface area contributed by atoms with Crippen LogP contribution in [0.1, 0.15) is 41.5 Å². The molecule has 2 nitrogen and oxygen atoms in total. The number of ketones is 1. The summed E-state index contributed by atoms with van der Waals surface area (Å²) in [6.07, 6.45) is 0. The fourth-order valence-electron chi connectivity index (χ4n) is 1.34. The summed E-state index contributed by atoms with van der Waals surface area (Å²) in [7, 11) is 0. The van der Waals surface area contributed by atoms with Crippen LogP contribution in [0.25, 0.3) is 0 Å². The van der Waals surface area contributed by atoms with Crippen molar-refractivity contribution in [2.45, 2.75) is 41.5 Å². The highest BCUT2D eigenvalue weighted by Gasteiger charge is 2.16. The summed E-state index contributed by atoms with van der Waals surface area (Å²) in [4.78, 5) is 9.44. The van der Waals surface area contributed by atoms with Crippen molar-refractivity contribution >= 4 is 5.78 Å². The van der Waals surface area contributed by atoms with E-state index in [1.807, 2.05) is 0 Å². The summed E-state index contributed by atoms with van der Waals surface area (Å²) < 4.78 is 1.28. The van der Waals surface area contributed by atoms with Crippen molar-refractivity contribution in [1.29, 1.82) is 0 Å². The molecule has 0 aromatic rings. The second kappa shape index (κ2) is 8.24. The van der Waals surface area contributed by atoms with Gasteiger partial charge in [-0.15, -0.1) is 0 Å². The predicted octanol–water partition coefficient (Wildman–Crippen LogP) is 2.48. The first-order chi connectivity index (χ1) is 5.97. The first kappa shape index (κ1) is 15.1. The number of nitrogens with zero attached hydrogens (tertiary/aromatic N) is 1. The molecule has 0 atom stereocenters. The normalized spacial score (nSPS) is 10.3. The summed E-state index contributed by atoms with van der Waals surface area (Å²) in [5.41, 5.74) is 0. The molecule has 0 unspecified atom stereocenters. The molecular weight excluding hydrogens is 162 g/mol. The van der Waals surface area contributed by atoms with Gasteiger partial charge in [-0.25, -0.2) is 0 Å². The lowest BCUT2D eigenvalue weighted by Crippen LogP contribution is -2.47. The second-order valence-electron chi connectivity index (χ2n) is 3.51. The van der Waals surface area contributed by atoms with Gasteiger partial charge in [0.15, 0.2) is 0 Å². The Morgan fingerprint density at radius 1 is 0.846 bits per heavy atom. The molecule has 0 fully saturated rings. The monoisotopic (exact) mass is 188 g/mol. The fourth-order valence-corrected chi connectivity index (χ4v) is 1.34. The zero-order valence-corrected chi connectivity index (χ0v) is 10.2. The van der Waals surface area contributed by atoms with Gasteiger partial charge in [0.05, 0.1) is 26.2 Å². The molecule has 0 spiro atoms. The lowest BCUT2D eigenvalue weighted by Gasteiger charge is -2.34. The molecule has 0 heterocycles. The molecule has 0 saturated carbocycles. The van der Waals surface area contributed by atoms with Crippen LogP contribution in [0.4, 0.5) is 0 Å². The predicted molar refractivity (Wildman–Crippen MR) is 58.8 cm³/mol. The fraction of sp³-hybridized carbons (Fsp3) is 0.909. The van der Waals surface area contributed by atoms with Crippen molar-refractivity contribution in [1.82, 2.24) is 0 Å². The molecule has 0 rings (SSSR count). The molecule has 0 bridgehead atoms. The quantitative estimate of drug-likeness (QED) is 0.619. The van der Waals surface area contributed by atoms with Gasteiger partial charge in [0.25, 0.3) is 0 Å². The van der Waals surface area contributed by atoms with E-state index in [-0.39, 0.29) is 5.78 Å². The van der Waals surface area contributed by atoms with Gasteiger partial charge in [0, 0.05) is 0 Å². The Balaban J connectivity index is 0. The molecule has 0 saturated heterocycles. The molecule has 0 amide bonds. The standard InChI is InChI=1S/C8H20N.C3H6O/c1-5-9(6-2,7-3)8-4;1-3(2)4/h5-8H2,1-4H3;1-2H3/q+1;. The van der Waals surface area contributed by atoms with Gasteiger partial charge in [-0.3, -0.25) is 0 Å². The van der Waals surface area contributed by atoms with Crippen molar-refractivity contribution in [3.05, 3.63) is 0 Å². The van der Waals surface area contributed by atoms with Gasteiger partial charge in [-0.2, -0.15) is 0 Å². The zero-order valence-electron chi connectivity index (χ0n) is 10.2. The van der Waals surface area contributed by atoms with Crippen molar-refractivity contribution in [2.24, 2.45) is 0 Å². The third-order valence-electron chi connectivity index (χ3n) is 2.68. The van der Waals surface area contributed by atoms with E-state index in [4.69, 9.17) is 0 Å². The van der Waals surface area contributed by atoms with Crippen LogP contribution in [-0.4, -0.2) is 36.4 Å². The number of rotatable bonds is 4. The van der Waals surface area contributed by atoms with Gasteiger partial charge in [-0.1, -0.05) is 0 Å². The Morgan fingerprint density at radius 3 is 1.00 bits per heavy atom. The first-order valence-corrected chi connectivity index (χ1v) is 5.30. The minimum Gasteiger partial charge on any atom is -0.325 e. The number of carbonyl (C=O) groups excluding carboxylic acids is 1. The van der Waals surface area contributed by atoms with Crippen LogP contribution in [0.5, 0.6) is 0 Å². The molecule has 0 radical (unpaired) electrons. The maximum absolute atomic E-state index is 9.44. The molecule has 0 aliphatic carbocycles. The molecule has 2 heteroatoms. The summed E-state index contributed by atoms with van der Waals surface area (Å²) in [6, 6.07) is 0. The summed E-state index contributed by atoms with van der Waals surface area (Å²) in [5, 5.41) is 0. The van der Waals surface area contributed by atoms with Crippen LogP contribution >= 0.6 is 0 Å². The average Bonchev–Trinajstić information content (AvgIpc) is 2.09. The highest BCUT2D eigenvalue weighted by atomic mass is 16.1. The van der Waals surface area contributed by atoms with Crippen LogP contribution < -0.4 is 0 Å². The summed E-state index contributed by atoms with van der Waals surface area (Å²) in [5.74, 6) is 0.167. The van der Waals surface area contributed by atoms with E-state index in [2.05, 4.69) is 27.7 Å². The Kier molecular flexibility index (Phi) is 9.58. The van der Waals surface area contributed by atoms with Gasteiger partial charge < -0.3 is 9.28 Å². The lowest BCUT2D eigenvalue weighted by molar-refractivity contribution is -0.921. The van der Waals surface area contributed by atoms with Crippen LogP contribution in [0.3, 0.4) is 0 Å². The summed E-state index contributed by atoms with van der Waals surface area (Å²) in [6.45, 7) is 17.3. The number of hydrogen-bond donors (Lipinski definition) is 0. The van der Waals surface area contributed by atoms with Crippen molar-refractivity contribution in [2.75, 3.05) is 26.2 Å². The van der Waals surface area contributed by atoms with Gasteiger partial charge in [0.1, 0.15) is 5.78 Å². The number of Topliss-reactive ketones (excluding diaryl/α,β-unsaturated/α-hetero) is 1. The van der Waals surface area contributed by atoms with Crippen molar-refractivity contribution in [3.8, 4) is 0 Å². The van der Waals surface area contributed by atoms with Crippen LogP contribution in [-0.2, 0) is 4.79 Å². The average molecular weight is 188 g/mol. The van der Waals surface area contributed by atoms with Crippen LogP contribution in [0, 0.1) is 0 Å². The molecule has 0 aromatic carbocycles. The Bertz CT molecular complexity index is 107. The van der Waals surface area contributed by atoms with E-state index in [9.17, 15) is 4.79 Å². The molecule has 0 N–H and O–H groups in total. The van der Waals surface area contributed by atoms with Crippen LogP contribution in [0.2, 0.25) is 0 Å². The minimum absolute atomic E-state index is 0.167. The molecule has 0 aromatic heterocycles. The SMILES string of the molecule is CC(C)=O.CC[N+](CC)(CC)CC. The van der Waals surface area contributed by atoms with E-state index in [1.165, 1.54) is 44.5 Å². The van der Waals surface area contributed by atoms with Gasteiger partial charge >= 0.3 is 0 Å². The van der Waals surface area contributed by atoms with Gasteiger partial charge in [0.2, 0.25) is 0 Å². The highest BCUT2D eigenvalue weighted by molar-refractivity contribution is 5.72. The maximum atomic E-state index is 9.44. The van der Waals surface area contributed by atoms with Crippen molar-refractivity contribution in [3.63, 3.8) is 0 Å². The largest absolute Gasteiger partial charge is 0.325 e. The zero-order chi connectivity index (χ0) is 10.9. The van der Waals surface area contributed by atoms with Crippen LogP contribution in [0.15, 0.2) is 0 Å². The molecule has 13 heavy (non-hydrogen) atoms. The molecule has 0 aliphatic heterocycles. The van der Waals surface area contributed by atoms with E-state index < -0.39 is 0 Å². The number of quaternary nitrogens is 1. The van der Waals surface area contributed by atoms with E-state index >= 15 is 0 Å². The second-order valence-corrected chi connectivity index (χ2v) is 3.51. The lowest BCUT2D eigenvalue weighted by atomic mass is 10.3. The molecule has 0 aliphatic rings. The third kappa shape index (κ3) is 7.97. The van der Waals surface area contributed by atoms with Crippen molar-refractivity contribution < 1.29 is 9.28 Å². The Labute approximate surface area is 83.5 Å². The smallest absolute Gasteiger partial charge is 0.126 e. The molecular formula is C11H26NO+. The number of carbonyl (C=O) groups is 1. The molecule has 80 valence electrons. The minimum atomic E-state index is 0.167. The summed E-state index contributed by atoms with van der Waals surface area (Å²) >= 11 is 0. The Morgan fingerprint density at radius 2 is 1.00 bits per heavy atom. The van der Waals surface area contributed by atoms with E-state index in [1.54, 1.807) is 0 Å². The topological polar surface area (TPSA) is 17.1 Å². The highest BCUT2D eigenvalue weighted by Crippen LogP contribution is 2.03.